The lowest BCUT2D eigenvalue weighted by Gasteiger charge is -2.14. The van der Waals surface area contributed by atoms with Crippen molar-refractivity contribution in [1.82, 2.24) is 19.5 Å². The Balaban J connectivity index is 1.51. The zero-order valence-corrected chi connectivity index (χ0v) is 19.5. The zero-order chi connectivity index (χ0) is 24.4. The average Bonchev–Trinajstić information content (AvgIpc) is 3.28. The molecule has 0 spiro atoms. The fourth-order valence-corrected chi connectivity index (χ4v) is 4.00. The highest BCUT2D eigenvalue weighted by Crippen LogP contribution is 2.32. The molecule has 5 aromatic rings. The van der Waals surface area contributed by atoms with Gasteiger partial charge in [0.05, 0.1) is 18.5 Å². The van der Waals surface area contributed by atoms with Gasteiger partial charge in [-0.2, -0.15) is 0 Å². The van der Waals surface area contributed by atoms with E-state index in [0.717, 1.165) is 44.9 Å². The van der Waals surface area contributed by atoms with Crippen LogP contribution >= 0.6 is 0 Å². The molecule has 0 aliphatic heterocycles. The van der Waals surface area contributed by atoms with Crippen LogP contribution in [0.4, 0.5) is 15.8 Å². The Morgan fingerprint density at radius 3 is 2.60 bits per heavy atom. The molecule has 4 heterocycles. The molecule has 6 nitrogen and oxygen atoms in total. The standard InChI is InChI=1S/C28H24FN5O/c1-18(2)22-16-32-26(27-23(29)5-4-12-30-27)15-25(22)33-24-10-13-31-28-21(24)11-14-34(28)17-19-6-8-20(35-3)9-7-19/h4-16H,1,17H2,2-3H3,(H,31,32,33). The normalized spacial score (nSPS) is 10.9. The molecule has 1 N–H and O–H groups in total. The third-order valence-corrected chi connectivity index (χ3v) is 5.81. The SMILES string of the molecule is C=C(C)c1cnc(-c2ncccc2F)cc1Nc1ccnc2c1ccn2Cc1ccc(OC)cc1. The van der Waals surface area contributed by atoms with Crippen molar-refractivity contribution in [1.29, 1.82) is 0 Å². The van der Waals surface area contributed by atoms with Gasteiger partial charge in [0, 0.05) is 48.0 Å². The summed E-state index contributed by atoms with van der Waals surface area (Å²) in [5.74, 6) is 0.405. The number of hydrogen-bond acceptors (Lipinski definition) is 5. The van der Waals surface area contributed by atoms with Crippen LogP contribution in [-0.4, -0.2) is 26.6 Å². The van der Waals surface area contributed by atoms with E-state index in [1.807, 2.05) is 49.5 Å². The molecule has 0 aliphatic rings. The van der Waals surface area contributed by atoms with Crippen molar-refractivity contribution in [3.05, 3.63) is 103 Å². The van der Waals surface area contributed by atoms with Gasteiger partial charge in [0.15, 0.2) is 5.82 Å². The van der Waals surface area contributed by atoms with E-state index < -0.39 is 5.82 Å². The largest absolute Gasteiger partial charge is 0.497 e. The first-order chi connectivity index (χ1) is 17.0. The highest BCUT2D eigenvalue weighted by molar-refractivity contribution is 5.93. The minimum Gasteiger partial charge on any atom is -0.497 e. The van der Waals surface area contributed by atoms with Gasteiger partial charge in [-0.3, -0.25) is 9.97 Å². The van der Waals surface area contributed by atoms with Gasteiger partial charge in [-0.1, -0.05) is 18.7 Å². The Morgan fingerprint density at radius 2 is 1.86 bits per heavy atom. The summed E-state index contributed by atoms with van der Waals surface area (Å²) in [5, 5.41) is 4.47. The quantitative estimate of drug-likeness (QED) is 0.299. The molecular formula is C28H24FN5O. The van der Waals surface area contributed by atoms with Crippen molar-refractivity contribution in [3.8, 4) is 17.1 Å². The minimum absolute atomic E-state index is 0.203. The van der Waals surface area contributed by atoms with Crippen LogP contribution in [0.3, 0.4) is 0 Å². The van der Waals surface area contributed by atoms with Crippen molar-refractivity contribution in [3.63, 3.8) is 0 Å². The van der Waals surface area contributed by atoms with Crippen molar-refractivity contribution < 1.29 is 9.13 Å². The van der Waals surface area contributed by atoms with Crippen molar-refractivity contribution in [2.75, 3.05) is 12.4 Å². The van der Waals surface area contributed by atoms with E-state index in [1.54, 1.807) is 37.8 Å². The molecule has 0 saturated carbocycles. The summed E-state index contributed by atoms with van der Waals surface area (Å²) in [5.41, 5.74) is 5.97. The predicted molar refractivity (Wildman–Crippen MR) is 137 cm³/mol. The maximum Gasteiger partial charge on any atom is 0.151 e. The van der Waals surface area contributed by atoms with Gasteiger partial charge in [0.2, 0.25) is 0 Å². The fraction of sp³-hybridized carbons (Fsp3) is 0.107. The highest BCUT2D eigenvalue weighted by atomic mass is 19.1. The van der Waals surface area contributed by atoms with Crippen LogP contribution in [0, 0.1) is 5.82 Å². The summed E-state index contributed by atoms with van der Waals surface area (Å²) in [6, 6.07) is 16.7. The molecule has 5 rings (SSSR count). The number of ether oxygens (including phenoxy) is 1. The van der Waals surface area contributed by atoms with Crippen molar-refractivity contribution in [2.45, 2.75) is 13.5 Å². The summed E-state index contributed by atoms with van der Waals surface area (Å²) in [4.78, 5) is 13.2. The molecule has 174 valence electrons. The number of anilines is 2. The summed E-state index contributed by atoms with van der Waals surface area (Å²) in [6.07, 6.45) is 7.04. The number of nitrogens with one attached hydrogen (secondary N) is 1. The van der Waals surface area contributed by atoms with Crippen LogP contribution in [0.2, 0.25) is 0 Å². The van der Waals surface area contributed by atoms with Gasteiger partial charge < -0.3 is 14.6 Å². The minimum atomic E-state index is -0.420. The van der Waals surface area contributed by atoms with Gasteiger partial charge in [0.1, 0.15) is 17.1 Å². The topological polar surface area (TPSA) is 64.9 Å². The van der Waals surface area contributed by atoms with E-state index in [2.05, 4.69) is 31.4 Å². The second-order valence-corrected chi connectivity index (χ2v) is 8.24. The highest BCUT2D eigenvalue weighted by Gasteiger charge is 2.14. The summed E-state index contributed by atoms with van der Waals surface area (Å²) in [7, 11) is 1.66. The molecule has 7 heteroatoms. The molecule has 0 unspecified atom stereocenters. The summed E-state index contributed by atoms with van der Waals surface area (Å²) in [6.45, 7) is 6.67. The number of nitrogens with zero attached hydrogens (tertiary/aromatic N) is 4. The van der Waals surface area contributed by atoms with Crippen LogP contribution in [0.1, 0.15) is 18.1 Å². The third kappa shape index (κ3) is 4.48. The van der Waals surface area contributed by atoms with Crippen molar-refractivity contribution >= 4 is 28.0 Å². The predicted octanol–water partition coefficient (Wildman–Crippen LogP) is 6.47. The first-order valence-corrected chi connectivity index (χ1v) is 11.1. The van der Waals surface area contributed by atoms with E-state index >= 15 is 0 Å². The molecule has 0 aliphatic carbocycles. The second-order valence-electron chi connectivity index (χ2n) is 8.24. The fourth-order valence-electron chi connectivity index (χ4n) is 4.00. The number of rotatable bonds is 7. The Kier molecular flexibility index (Phi) is 5.97. The van der Waals surface area contributed by atoms with Crippen LogP contribution in [0.5, 0.6) is 5.75 Å². The number of aromatic nitrogens is 4. The number of methoxy groups -OCH3 is 1. The van der Waals surface area contributed by atoms with E-state index in [9.17, 15) is 4.39 Å². The monoisotopic (exact) mass is 465 g/mol. The molecule has 0 saturated heterocycles. The molecule has 1 aromatic carbocycles. The molecule has 0 fully saturated rings. The Bertz CT molecular complexity index is 1520. The Hall–Kier alpha value is -4.52. The van der Waals surface area contributed by atoms with Gasteiger partial charge in [0.25, 0.3) is 0 Å². The van der Waals surface area contributed by atoms with Crippen LogP contribution < -0.4 is 10.1 Å². The lowest BCUT2D eigenvalue weighted by molar-refractivity contribution is 0.414. The smallest absolute Gasteiger partial charge is 0.151 e. The molecule has 0 bridgehead atoms. The first kappa shape index (κ1) is 22.3. The van der Waals surface area contributed by atoms with E-state index in [1.165, 1.54) is 6.07 Å². The maximum atomic E-state index is 14.4. The molecular weight excluding hydrogens is 441 g/mol. The zero-order valence-electron chi connectivity index (χ0n) is 19.5. The Morgan fingerprint density at radius 1 is 1.03 bits per heavy atom. The van der Waals surface area contributed by atoms with Crippen LogP contribution in [0.15, 0.2) is 86.0 Å². The average molecular weight is 466 g/mol. The lowest BCUT2D eigenvalue weighted by Crippen LogP contribution is -2.01. The van der Waals surface area contributed by atoms with Gasteiger partial charge in [-0.15, -0.1) is 0 Å². The van der Waals surface area contributed by atoms with E-state index in [4.69, 9.17) is 4.74 Å². The summed E-state index contributed by atoms with van der Waals surface area (Å²) >= 11 is 0. The number of halogens is 1. The Labute approximate surface area is 202 Å². The van der Waals surface area contributed by atoms with Gasteiger partial charge in [-0.05, 0) is 60.5 Å². The third-order valence-electron chi connectivity index (χ3n) is 5.81. The van der Waals surface area contributed by atoms with E-state index in [0.29, 0.717) is 12.2 Å². The second kappa shape index (κ2) is 9.38. The van der Waals surface area contributed by atoms with Crippen LogP contribution in [-0.2, 0) is 6.54 Å². The number of pyridine rings is 3. The van der Waals surface area contributed by atoms with E-state index in [-0.39, 0.29) is 5.69 Å². The molecule has 0 amide bonds. The van der Waals surface area contributed by atoms with Crippen LogP contribution in [0.25, 0.3) is 28.0 Å². The number of benzene rings is 1. The molecule has 35 heavy (non-hydrogen) atoms. The van der Waals surface area contributed by atoms with Gasteiger partial charge >= 0.3 is 0 Å². The molecule has 0 radical (unpaired) electrons. The first-order valence-electron chi connectivity index (χ1n) is 11.1. The number of fused-ring (bicyclic) bond motifs is 1. The maximum absolute atomic E-state index is 14.4. The van der Waals surface area contributed by atoms with Crippen molar-refractivity contribution in [2.24, 2.45) is 0 Å². The lowest BCUT2D eigenvalue weighted by atomic mass is 10.1. The number of allylic oxidation sites excluding steroid dienone is 1. The molecule has 4 aromatic heterocycles. The summed E-state index contributed by atoms with van der Waals surface area (Å²) < 4.78 is 21.7. The number of hydrogen-bond donors (Lipinski definition) is 1. The molecule has 0 atom stereocenters. The van der Waals surface area contributed by atoms with Gasteiger partial charge in [-0.25, -0.2) is 9.37 Å².